The molecule has 29 heavy (non-hydrogen) atoms. The number of H-pyrrole nitrogens is 1. The number of carbonyl (C=O) groups excluding carboxylic acids is 1. The summed E-state index contributed by atoms with van der Waals surface area (Å²) in [5.41, 5.74) is 4.80. The smallest absolute Gasteiger partial charge is 0.273 e. The normalized spacial score (nSPS) is 15.8. The summed E-state index contributed by atoms with van der Waals surface area (Å²) in [6, 6.07) is 10.1. The average Bonchev–Trinajstić information content (AvgIpc) is 3.19. The number of carbonyl (C=O) groups is 1. The Kier molecular flexibility index (Phi) is 4.76. The maximum Gasteiger partial charge on any atom is 0.273 e. The van der Waals surface area contributed by atoms with E-state index >= 15 is 0 Å². The van der Waals surface area contributed by atoms with Gasteiger partial charge >= 0.3 is 0 Å². The number of nitrogens with zero attached hydrogens (tertiary/aromatic N) is 2. The van der Waals surface area contributed by atoms with Gasteiger partial charge in [-0.25, -0.2) is 0 Å². The van der Waals surface area contributed by atoms with Gasteiger partial charge in [0.2, 0.25) is 0 Å². The Morgan fingerprint density at radius 1 is 1.21 bits per heavy atom. The highest BCUT2D eigenvalue weighted by Crippen LogP contribution is 2.45. The molecule has 0 spiro atoms. The van der Waals surface area contributed by atoms with Gasteiger partial charge in [-0.05, 0) is 48.7 Å². The van der Waals surface area contributed by atoms with E-state index in [1.807, 2.05) is 26.0 Å². The van der Waals surface area contributed by atoms with Crippen molar-refractivity contribution in [2.45, 2.75) is 19.9 Å². The fourth-order valence-corrected chi connectivity index (χ4v) is 4.10. The van der Waals surface area contributed by atoms with Crippen LogP contribution in [0.5, 0.6) is 11.5 Å². The molecule has 7 nitrogen and oxygen atoms in total. The van der Waals surface area contributed by atoms with E-state index in [-0.39, 0.29) is 17.4 Å². The lowest BCUT2D eigenvalue weighted by Crippen LogP contribution is -2.32. The molecule has 0 bridgehead atoms. The summed E-state index contributed by atoms with van der Waals surface area (Å²) in [6.45, 7) is 4.59. The van der Waals surface area contributed by atoms with Gasteiger partial charge in [-0.2, -0.15) is 5.10 Å². The molecule has 1 aromatic heterocycles. The summed E-state index contributed by atoms with van der Waals surface area (Å²) >= 11 is 0. The molecule has 4 rings (SSSR count). The van der Waals surface area contributed by atoms with Crippen molar-refractivity contribution >= 4 is 5.91 Å². The molecule has 1 aliphatic rings. The summed E-state index contributed by atoms with van der Waals surface area (Å²) in [5, 5.41) is 27.9. The summed E-state index contributed by atoms with van der Waals surface area (Å²) in [6.07, 6.45) is 0. The van der Waals surface area contributed by atoms with Crippen LogP contribution >= 0.6 is 0 Å². The van der Waals surface area contributed by atoms with Crippen molar-refractivity contribution in [3.63, 3.8) is 0 Å². The van der Waals surface area contributed by atoms with E-state index < -0.39 is 6.04 Å². The fourth-order valence-electron chi connectivity index (χ4n) is 4.10. The molecule has 0 fully saturated rings. The van der Waals surface area contributed by atoms with E-state index in [4.69, 9.17) is 4.74 Å². The third kappa shape index (κ3) is 3.13. The Morgan fingerprint density at radius 3 is 2.69 bits per heavy atom. The molecule has 0 aliphatic carbocycles. The molecule has 0 radical (unpaired) electrons. The van der Waals surface area contributed by atoms with Crippen LogP contribution < -0.4 is 0 Å². The minimum absolute atomic E-state index is 0.120. The topological polar surface area (TPSA) is 98.7 Å². The molecule has 0 saturated carbocycles. The van der Waals surface area contributed by atoms with Crippen molar-refractivity contribution in [2.75, 3.05) is 20.3 Å². The van der Waals surface area contributed by atoms with Crippen molar-refractivity contribution in [1.29, 1.82) is 0 Å². The van der Waals surface area contributed by atoms with Crippen LogP contribution in [0.1, 0.15) is 38.8 Å². The lowest BCUT2D eigenvalue weighted by Gasteiger charge is -2.26. The van der Waals surface area contributed by atoms with Crippen molar-refractivity contribution in [3.05, 3.63) is 64.3 Å². The molecule has 1 aliphatic heterocycles. The molecule has 2 aromatic carbocycles. The number of phenols is 2. The highest BCUT2D eigenvalue weighted by Gasteiger charge is 2.42. The van der Waals surface area contributed by atoms with E-state index in [0.717, 1.165) is 16.7 Å². The maximum atomic E-state index is 13.1. The van der Waals surface area contributed by atoms with E-state index in [1.165, 1.54) is 0 Å². The number of ether oxygens (including phenoxy) is 1. The SMILES string of the molecule is COCCN1C(=O)c2[nH]nc(-c3c(C)cc(C)cc3O)c2[C@@H]1c1cccc(O)c1. The van der Waals surface area contributed by atoms with E-state index in [1.54, 1.807) is 36.3 Å². The van der Waals surface area contributed by atoms with Crippen LogP contribution in [0.15, 0.2) is 36.4 Å². The number of aromatic nitrogens is 2. The van der Waals surface area contributed by atoms with Crippen LogP contribution in [0, 0.1) is 13.8 Å². The van der Waals surface area contributed by atoms with Gasteiger partial charge in [0.1, 0.15) is 22.9 Å². The Hall–Kier alpha value is -3.32. The standard InChI is InChI=1S/C22H23N3O4/c1-12-9-13(2)17(16(27)10-12)19-18-20(24-23-19)22(28)25(7-8-29-3)21(18)14-5-4-6-15(26)11-14/h4-6,9-11,21,26-27H,7-8H2,1-3H3,(H,23,24)/t21-/m0/s1. The quantitative estimate of drug-likeness (QED) is 0.618. The van der Waals surface area contributed by atoms with Gasteiger partial charge in [0.05, 0.1) is 12.6 Å². The largest absolute Gasteiger partial charge is 0.508 e. The Bertz CT molecular complexity index is 1070. The molecule has 3 aromatic rings. The third-order valence-corrected chi connectivity index (χ3v) is 5.28. The fraction of sp³-hybridized carbons (Fsp3) is 0.273. The first-order valence-corrected chi connectivity index (χ1v) is 9.40. The van der Waals surface area contributed by atoms with E-state index in [9.17, 15) is 15.0 Å². The van der Waals surface area contributed by atoms with E-state index in [2.05, 4.69) is 10.2 Å². The average molecular weight is 393 g/mol. The Balaban J connectivity index is 1.92. The lowest BCUT2D eigenvalue weighted by molar-refractivity contribution is 0.0677. The molecule has 1 atom stereocenters. The molecular formula is C22H23N3O4. The Labute approximate surface area is 168 Å². The predicted molar refractivity (Wildman–Crippen MR) is 108 cm³/mol. The van der Waals surface area contributed by atoms with Crippen LogP contribution in [0.25, 0.3) is 11.3 Å². The highest BCUT2D eigenvalue weighted by molar-refractivity contribution is 6.00. The molecular weight excluding hydrogens is 370 g/mol. The number of rotatable bonds is 5. The second-order valence-electron chi connectivity index (χ2n) is 7.33. The third-order valence-electron chi connectivity index (χ3n) is 5.28. The molecule has 0 saturated heterocycles. The number of fused-ring (bicyclic) bond motifs is 1. The number of aromatic hydroxyl groups is 2. The van der Waals surface area contributed by atoms with Gasteiger partial charge in [0.15, 0.2) is 0 Å². The van der Waals surface area contributed by atoms with Crippen molar-refractivity contribution < 1.29 is 19.7 Å². The molecule has 2 heterocycles. The summed E-state index contributed by atoms with van der Waals surface area (Å²) < 4.78 is 5.19. The second-order valence-corrected chi connectivity index (χ2v) is 7.33. The highest BCUT2D eigenvalue weighted by atomic mass is 16.5. The van der Waals surface area contributed by atoms with Gasteiger partial charge in [-0.1, -0.05) is 18.2 Å². The van der Waals surface area contributed by atoms with Gasteiger partial charge in [-0.15, -0.1) is 0 Å². The van der Waals surface area contributed by atoms with Gasteiger partial charge in [0, 0.05) is 24.8 Å². The van der Waals surface area contributed by atoms with Gasteiger partial charge in [0.25, 0.3) is 5.91 Å². The number of hydrogen-bond acceptors (Lipinski definition) is 5. The maximum absolute atomic E-state index is 13.1. The van der Waals surface area contributed by atoms with Crippen LogP contribution in [-0.2, 0) is 4.74 Å². The number of benzene rings is 2. The number of hydrogen-bond donors (Lipinski definition) is 3. The molecule has 7 heteroatoms. The first kappa shape index (κ1) is 19.0. The van der Waals surface area contributed by atoms with Crippen LogP contribution in [0.3, 0.4) is 0 Å². The number of phenolic OH excluding ortho intramolecular Hbond substituents is 2. The van der Waals surface area contributed by atoms with Crippen LogP contribution in [-0.4, -0.2) is 51.5 Å². The van der Waals surface area contributed by atoms with Crippen LogP contribution in [0.2, 0.25) is 0 Å². The monoisotopic (exact) mass is 393 g/mol. The molecule has 1 amide bonds. The number of aromatic amines is 1. The van der Waals surface area contributed by atoms with Crippen molar-refractivity contribution in [1.82, 2.24) is 15.1 Å². The number of amides is 1. The first-order valence-electron chi connectivity index (χ1n) is 9.40. The second kappa shape index (κ2) is 7.25. The predicted octanol–water partition coefficient (Wildman–Crippen LogP) is 3.30. The van der Waals surface area contributed by atoms with Gasteiger partial charge < -0.3 is 19.8 Å². The minimum Gasteiger partial charge on any atom is -0.508 e. The number of nitrogens with one attached hydrogen (secondary N) is 1. The molecule has 3 N–H and O–H groups in total. The zero-order valence-corrected chi connectivity index (χ0v) is 16.6. The van der Waals surface area contributed by atoms with Crippen LogP contribution in [0.4, 0.5) is 0 Å². The zero-order valence-electron chi connectivity index (χ0n) is 16.6. The summed E-state index contributed by atoms with van der Waals surface area (Å²) in [4.78, 5) is 14.8. The minimum atomic E-state index is -0.450. The lowest BCUT2D eigenvalue weighted by atomic mass is 9.93. The number of aryl methyl sites for hydroxylation is 2. The summed E-state index contributed by atoms with van der Waals surface area (Å²) in [7, 11) is 1.59. The first-order chi connectivity index (χ1) is 13.9. The summed E-state index contributed by atoms with van der Waals surface area (Å²) in [5.74, 6) is 0.0529. The van der Waals surface area contributed by atoms with Crippen molar-refractivity contribution in [2.24, 2.45) is 0 Å². The van der Waals surface area contributed by atoms with Crippen molar-refractivity contribution in [3.8, 4) is 22.8 Å². The zero-order chi connectivity index (χ0) is 20.7. The Morgan fingerprint density at radius 2 is 2.00 bits per heavy atom. The van der Waals surface area contributed by atoms with E-state index in [0.29, 0.717) is 35.7 Å². The molecule has 0 unspecified atom stereocenters. The number of methoxy groups -OCH3 is 1. The molecule has 150 valence electrons. The van der Waals surface area contributed by atoms with Gasteiger partial charge in [-0.3, -0.25) is 9.89 Å².